The number of hydrogen-bond donors (Lipinski definition) is 3. The lowest BCUT2D eigenvalue weighted by atomic mass is 10.0. The molecule has 0 aromatic heterocycles. The van der Waals surface area contributed by atoms with Crippen molar-refractivity contribution >= 4 is 35.1 Å². The van der Waals surface area contributed by atoms with Crippen molar-refractivity contribution in [1.29, 1.82) is 0 Å². The van der Waals surface area contributed by atoms with Crippen molar-refractivity contribution in [1.82, 2.24) is 10.6 Å². The van der Waals surface area contributed by atoms with E-state index < -0.39 is 12.1 Å². The van der Waals surface area contributed by atoms with Crippen LogP contribution in [0.1, 0.15) is 17.2 Å². The first kappa shape index (κ1) is 19.2. The number of rotatable bonds is 5. The molecule has 2 rings (SSSR count). The van der Waals surface area contributed by atoms with Crippen molar-refractivity contribution < 1.29 is 14.5 Å². The second-order valence-electron chi connectivity index (χ2n) is 5.65. The van der Waals surface area contributed by atoms with E-state index in [0.717, 1.165) is 16.0 Å². The van der Waals surface area contributed by atoms with E-state index in [1.54, 1.807) is 6.07 Å². The highest BCUT2D eigenvalue weighted by Crippen LogP contribution is 2.25. The summed E-state index contributed by atoms with van der Waals surface area (Å²) in [6.45, 7) is 0.472. The molecule has 25 heavy (non-hydrogen) atoms. The highest BCUT2D eigenvalue weighted by atomic mass is 35.5. The van der Waals surface area contributed by atoms with Crippen LogP contribution in [0, 0.1) is 0 Å². The van der Waals surface area contributed by atoms with Gasteiger partial charge in [0, 0.05) is 18.2 Å². The van der Waals surface area contributed by atoms with E-state index in [4.69, 9.17) is 23.2 Å². The number of hydrogen-bond acceptors (Lipinski definition) is 2. The van der Waals surface area contributed by atoms with E-state index >= 15 is 0 Å². The summed E-state index contributed by atoms with van der Waals surface area (Å²) in [4.78, 5) is 25.0. The molecule has 0 saturated carbocycles. The van der Waals surface area contributed by atoms with Crippen molar-refractivity contribution in [2.24, 2.45) is 0 Å². The number of imide groups is 1. The molecular weight excluding hydrogens is 361 g/mol. The third-order valence-electron chi connectivity index (χ3n) is 3.85. The minimum Gasteiger partial charge on any atom is -0.341 e. The summed E-state index contributed by atoms with van der Waals surface area (Å²) >= 11 is 12.3. The number of likely N-dealkylation sites (N-methyl/N-ethyl adjacent to an activating group) is 1. The van der Waals surface area contributed by atoms with Crippen LogP contribution in [0.25, 0.3) is 0 Å². The molecule has 0 fully saturated rings. The van der Waals surface area contributed by atoms with Crippen LogP contribution in [-0.2, 0) is 11.3 Å². The summed E-state index contributed by atoms with van der Waals surface area (Å²) < 4.78 is 0. The van der Waals surface area contributed by atoms with Gasteiger partial charge in [-0.1, -0.05) is 65.7 Å². The van der Waals surface area contributed by atoms with Gasteiger partial charge < -0.3 is 10.2 Å². The van der Waals surface area contributed by atoms with Crippen molar-refractivity contribution in [2.75, 3.05) is 14.1 Å². The third kappa shape index (κ3) is 4.95. The quantitative estimate of drug-likeness (QED) is 0.744. The molecule has 132 valence electrons. The number of nitrogens with one attached hydrogen (secondary N) is 3. The minimum atomic E-state index is -0.575. The number of quaternary nitrogens is 1. The normalized spacial score (nSPS) is 13.0. The number of carbonyl (C=O) groups excluding carboxylic acids is 2. The van der Waals surface area contributed by atoms with Crippen molar-refractivity contribution in [3.05, 3.63) is 69.7 Å². The molecule has 2 aromatic carbocycles. The lowest BCUT2D eigenvalue weighted by molar-refractivity contribution is -0.916. The third-order valence-corrected chi connectivity index (χ3v) is 4.71. The molecule has 5 nitrogen and oxygen atoms in total. The number of halogens is 2. The topological polar surface area (TPSA) is 62.6 Å². The van der Waals surface area contributed by atoms with E-state index in [1.807, 2.05) is 49.5 Å². The predicted molar refractivity (Wildman–Crippen MR) is 98.8 cm³/mol. The van der Waals surface area contributed by atoms with Gasteiger partial charge in [-0.3, -0.25) is 10.1 Å². The summed E-state index contributed by atoms with van der Waals surface area (Å²) in [5.74, 6) is -0.388. The molecule has 7 heteroatoms. The van der Waals surface area contributed by atoms with Crippen molar-refractivity contribution in [2.45, 2.75) is 12.6 Å². The molecule has 0 aliphatic heterocycles. The van der Waals surface area contributed by atoms with Crippen LogP contribution in [0.4, 0.5) is 4.79 Å². The van der Waals surface area contributed by atoms with Gasteiger partial charge in [-0.05, 0) is 6.07 Å². The lowest BCUT2D eigenvalue weighted by Gasteiger charge is -2.24. The minimum absolute atomic E-state index is 0.388. The first-order chi connectivity index (χ1) is 11.9. The fourth-order valence-electron chi connectivity index (χ4n) is 2.64. The maximum atomic E-state index is 12.6. The maximum absolute atomic E-state index is 12.6. The second kappa shape index (κ2) is 8.85. The number of benzene rings is 2. The van der Waals surface area contributed by atoms with E-state index in [2.05, 4.69) is 10.6 Å². The van der Waals surface area contributed by atoms with E-state index in [9.17, 15) is 9.59 Å². The Hall–Kier alpha value is -2.08. The molecule has 2 aromatic rings. The monoisotopic (exact) mass is 380 g/mol. The predicted octanol–water partition coefficient (Wildman–Crippen LogP) is 2.21. The summed E-state index contributed by atoms with van der Waals surface area (Å²) in [6.07, 6.45) is 0. The molecule has 0 radical (unpaired) electrons. The van der Waals surface area contributed by atoms with Crippen LogP contribution in [-0.4, -0.2) is 26.0 Å². The Balaban J connectivity index is 2.29. The van der Waals surface area contributed by atoms with Gasteiger partial charge in [0.15, 0.2) is 6.04 Å². The van der Waals surface area contributed by atoms with E-state index in [-0.39, 0.29) is 5.91 Å². The van der Waals surface area contributed by atoms with Gasteiger partial charge in [-0.15, -0.1) is 0 Å². The van der Waals surface area contributed by atoms with Crippen LogP contribution in [0.3, 0.4) is 0 Å². The number of urea groups is 1. The Bertz CT molecular complexity index is 753. The number of carbonyl (C=O) groups is 2. The van der Waals surface area contributed by atoms with Crippen molar-refractivity contribution in [3.63, 3.8) is 0 Å². The Kier molecular flexibility index (Phi) is 6.82. The molecule has 0 bridgehead atoms. The summed E-state index contributed by atoms with van der Waals surface area (Å²) in [7, 11) is 3.33. The SMILES string of the molecule is CNC(=O)NC(=O)[C@H](c1ccccc1)[NH+](C)Cc1cccc(Cl)c1Cl. The Morgan fingerprint density at radius 2 is 1.76 bits per heavy atom. The fraction of sp³-hybridized carbons (Fsp3) is 0.222. The Morgan fingerprint density at radius 3 is 2.40 bits per heavy atom. The summed E-state index contributed by atoms with van der Waals surface area (Å²) in [5, 5.41) is 5.69. The molecule has 0 saturated heterocycles. The Morgan fingerprint density at radius 1 is 1.08 bits per heavy atom. The van der Waals surface area contributed by atoms with Crippen LogP contribution in [0.2, 0.25) is 10.0 Å². The molecule has 0 spiro atoms. The highest BCUT2D eigenvalue weighted by molar-refractivity contribution is 6.42. The standard InChI is InChI=1S/C18H19Cl2N3O2/c1-21-18(25)22-17(24)16(12-7-4-3-5-8-12)23(2)11-13-9-6-10-14(19)15(13)20/h3-10,16H,11H2,1-2H3,(H2,21,22,24,25)/p+1/t16-/m0/s1. The fourth-order valence-corrected chi connectivity index (χ4v) is 3.03. The van der Waals surface area contributed by atoms with Crippen LogP contribution in [0.5, 0.6) is 0 Å². The van der Waals surface area contributed by atoms with Crippen LogP contribution in [0.15, 0.2) is 48.5 Å². The van der Waals surface area contributed by atoms with Gasteiger partial charge >= 0.3 is 6.03 Å². The average Bonchev–Trinajstić information content (AvgIpc) is 2.60. The van der Waals surface area contributed by atoms with Crippen LogP contribution >= 0.6 is 23.2 Å². The first-order valence-corrected chi connectivity index (χ1v) is 8.52. The van der Waals surface area contributed by atoms with Crippen molar-refractivity contribution in [3.8, 4) is 0 Å². The van der Waals surface area contributed by atoms with E-state index in [0.29, 0.717) is 16.6 Å². The lowest BCUT2D eigenvalue weighted by Crippen LogP contribution is -3.09. The van der Waals surface area contributed by atoms with Crippen LogP contribution < -0.4 is 15.5 Å². The van der Waals surface area contributed by atoms with Gasteiger partial charge in [0.05, 0.1) is 17.1 Å². The molecule has 3 amide bonds. The summed E-state index contributed by atoms with van der Waals surface area (Å²) in [5.41, 5.74) is 1.64. The molecule has 3 N–H and O–H groups in total. The largest absolute Gasteiger partial charge is 0.341 e. The van der Waals surface area contributed by atoms with Gasteiger partial charge in [-0.2, -0.15) is 0 Å². The Labute approximate surface area is 156 Å². The number of amides is 3. The van der Waals surface area contributed by atoms with E-state index in [1.165, 1.54) is 7.05 Å². The zero-order valence-corrected chi connectivity index (χ0v) is 15.5. The molecular formula is C18H20Cl2N3O2+. The first-order valence-electron chi connectivity index (χ1n) is 7.76. The van der Waals surface area contributed by atoms with Gasteiger partial charge in [0.1, 0.15) is 6.54 Å². The smallest absolute Gasteiger partial charge is 0.321 e. The molecule has 2 atom stereocenters. The second-order valence-corrected chi connectivity index (χ2v) is 6.43. The van der Waals surface area contributed by atoms with Gasteiger partial charge in [0.25, 0.3) is 5.91 Å². The highest BCUT2D eigenvalue weighted by Gasteiger charge is 2.30. The van der Waals surface area contributed by atoms with Gasteiger partial charge in [-0.25, -0.2) is 4.79 Å². The molecule has 0 aliphatic carbocycles. The molecule has 0 aliphatic rings. The average molecular weight is 381 g/mol. The summed E-state index contributed by atoms with van der Waals surface area (Å²) in [6, 6.07) is 13.6. The molecule has 1 unspecified atom stereocenters. The molecule has 0 heterocycles. The zero-order valence-electron chi connectivity index (χ0n) is 14.0. The zero-order chi connectivity index (χ0) is 18.4. The maximum Gasteiger partial charge on any atom is 0.321 e. The van der Waals surface area contributed by atoms with Gasteiger partial charge in [0.2, 0.25) is 0 Å².